The van der Waals surface area contributed by atoms with Crippen LogP contribution in [0.2, 0.25) is 5.02 Å². The van der Waals surface area contributed by atoms with E-state index >= 15 is 0 Å². The molecule has 0 fully saturated rings. The predicted molar refractivity (Wildman–Crippen MR) is 118 cm³/mol. The summed E-state index contributed by atoms with van der Waals surface area (Å²) in [6, 6.07) is 23.5. The van der Waals surface area contributed by atoms with Crippen LogP contribution < -0.4 is 0 Å². The number of nitrogens with zero attached hydrogens (tertiary/aromatic N) is 1. The monoisotopic (exact) mass is 423 g/mol. The second-order valence-electron chi connectivity index (χ2n) is 7.40. The molecule has 5 heteroatoms. The van der Waals surface area contributed by atoms with E-state index in [2.05, 4.69) is 42.3 Å². The predicted octanol–water partition coefficient (Wildman–Crippen LogP) is 5.71. The Morgan fingerprint density at radius 1 is 0.966 bits per heavy atom. The summed E-state index contributed by atoms with van der Waals surface area (Å²) < 4.78 is 24.0. The lowest BCUT2D eigenvalue weighted by Gasteiger charge is -2.34. The van der Waals surface area contributed by atoms with Crippen molar-refractivity contribution < 1.29 is 8.42 Å². The molecule has 3 aromatic carbocycles. The van der Waals surface area contributed by atoms with Gasteiger partial charge < -0.3 is 4.90 Å². The number of rotatable bonds is 4. The van der Waals surface area contributed by atoms with E-state index in [9.17, 15) is 8.42 Å². The van der Waals surface area contributed by atoms with E-state index in [1.807, 2.05) is 36.4 Å². The molecular formula is C24H22ClNO2S. The first-order chi connectivity index (χ1) is 13.8. The Kier molecular flexibility index (Phi) is 5.24. The molecule has 3 aromatic rings. The van der Waals surface area contributed by atoms with E-state index in [1.165, 1.54) is 17.4 Å². The van der Waals surface area contributed by atoms with Gasteiger partial charge in [-0.15, -0.1) is 0 Å². The van der Waals surface area contributed by atoms with Crippen LogP contribution in [0.1, 0.15) is 35.2 Å². The molecule has 0 aliphatic carbocycles. The van der Waals surface area contributed by atoms with Gasteiger partial charge in [-0.3, -0.25) is 0 Å². The fraction of sp³-hybridized carbons (Fsp3) is 0.167. The average Bonchev–Trinajstić information content (AvgIpc) is 2.72. The third-order valence-corrected chi connectivity index (χ3v) is 6.74. The Hall–Kier alpha value is -2.56. The molecule has 4 rings (SSSR count). The molecular weight excluding hydrogens is 402 g/mol. The summed E-state index contributed by atoms with van der Waals surface area (Å²) in [5.41, 5.74) is 5.66. The molecule has 3 nitrogen and oxygen atoms in total. The summed E-state index contributed by atoms with van der Waals surface area (Å²) >= 11 is 6.08. The highest BCUT2D eigenvalue weighted by molar-refractivity contribution is 7.90. The van der Waals surface area contributed by atoms with Crippen LogP contribution in [-0.4, -0.2) is 19.6 Å². The van der Waals surface area contributed by atoms with Crippen molar-refractivity contribution in [2.24, 2.45) is 0 Å². The maximum absolute atomic E-state index is 12.0. The third-order valence-electron chi connectivity index (χ3n) is 5.38. The Morgan fingerprint density at radius 2 is 1.69 bits per heavy atom. The topological polar surface area (TPSA) is 37.4 Å². The maximum Gasteiger partial charge on any atom is 0.175 e. The second-order valence-corrected chi connectivity index (χ2v) is 9.85. The van der Waals surface area contributed by atoms with Gasteiger partial charge in [-0.25, -0.2) is 8.42 Å². The number of hydrogen-bond acceptors (Lipinski definition) is 3. The lowest BCUT2D eigenvalue weighted by atomic mass is 9.91. The van der Waals surface area contributed by atoms with Crippen LogP contribution in [0.25, 0.3) is 5.57 Å². The largest absolute Gasteiger partial charge is 0.366 e. The van der Waals surface area contributed by atoms with Crippen molar-refractivity contribution in [3.8, 4) is 0 Å². The molecule has 0 N–H and O–H groups in total. The number of halogens is 1. The van der Waals surface area contributed by atoms with Crippen LogP contribution in [0.4, 0.5) is 0 Å². The van der Waals surface area contributed by atoms with Crippen molar-refractivity contribution in [3.63, 3.8) is 0 Å². The normalized spacial score (nSPS) is 14.9. The summed E-state index contributed by atoms with van der Waals surface area (Å²) in [4.78, 5) is 2.61. The van der Waals surface area contributed by atoms with Gasteiger partial charge in [0.2, 0.25) is 0 Å². The Morgan fingerprint density at radius 3 is 2.41 bits per heavy atom. The SMILES string of the molecule is CC(c1cccc(S(C)(=O)=O)c1)N1C=C(c2ccc(Cl)cc2)c2ccccc2C1. The molecule has 1 aliphatic rings. The molecule has 29 heavy (non-hydrogen) atoms. The van der Waals surface area contributed by atoms with E-state index in [-0.39, 0.29) is 6.04 Å². The van der Waals surface area contributed by atoms with Crippen molar-refractivity contribution in [1.29, 1.82) is 0 Å². The summed E-state index contributed by atoms with van der Waals surface area (Å²) in [7, 11) is -3.24. The Balaban J connectivity index is 1.76. The van der Waals surface area contributed by atoms with Crippen LogP contribution in [-0.2, 0) is 16.4 Å². The Labute approximate surface area is 177 Å². The van der Waals surface area contributed by atoms with E-state index < -0.39 is 9.84 Å². The minimum absolute atomic E-state index is 0.0207. The van der Waals surface area contributed by atoms with Gasteiger partial charge in [-0.05, 0) is 53.4 Å². The highest BCUT2D eigenvalue weighted by Gasteiger charge is 2.23. The van der Waals surface area contributed by atoms with Gasteiger partial charge >= 0.3 is 0 Å². The fourth-order valence-electron chi connectivity index (χ4n) is 3.70. The van der Waals surface area contributed by atoms with E-state index in [1.54, 1.807) is 12.1 Å². The van der Waals surface area contributed by atoms with Gasteiger partial charge in [0, 0.05) is 29.6 Å². The van der Waals surface area contributed by atoms with Gasteiger partial charge in [0.15, 0.2) is 9.84 Å². The quantitative estimate of drug-likeness (QED) is 0.539. The number of hydrogen-bond donors (Lipinski definition) is 0. The number of benzene rings is 3. The molecule has 0 aromatic heterocycles. The van der Waals surface area contributed by atoms with Crippen LogP contribution >= 0.6 is 11.6 Å². The molecule has 0 amide bonds. The lowest BCUT2D eigenvalue weighted by molar-refractivity contribution is 0.287. The first-order valence-electron chi connectivity index (χ1n) is 9.45. The first kappa shape index (κ1) is 19.7. The molecule has 1 atom stereocenters. The van der Waals surface area contributed by atoms with Crippen LogP contribution in [0, 0.1) is 0 Å². The van der Waals surface area contributed by atoms with E-state index in [4.69, 9.17) is 11.6 Å². The molecule has 1 unspecified atom stereocenters. The molecule has 0 spiro atoms. The van der Waals surface area contributed by atoms with Gasteiger partial charge in [0.05, 0.1) is 10.9 Å². The zero-order chi connectivity index (χ0) is 20.6. The van der Waals surface area contributed by atoms with Crippen molar-refractivity contribution in [2.45, 2.75) is 24.4 Å². The summed E-state index contributed by atoms with van der Waals surface area (Å²) in [6.45, 7) is 2.86. The highest BCUT2D eigenvalue weighted by atomic mass is 35.5. The van der Waals surface area contributed by atoms with Crippen LogP contribution in [0.15, 0.2) is 83.9 Å². The third kappa shape index (κ3) is 4.09. The minimum atomic E-state index is -3.24. The highest BCUT2D eigenvalue weighted by Crippen LogP contribution is 2.36. The summed E-state index contributed by atoms with van der Waals surface area (Å²) in [5.74, 6) is 0. The molecule has 1 aliphatic heterocycles. The van der Waals surface area contributed by atoms with Crippen molar-refractivity contribution in [1.82, 2.24) is 4.90 Å². The number of sulfone groups is 1. The Bertz CT molecular complexity index is 1180. The van der Waals surface area contributed by atoms with Crippen LogP contribution in [0.3, 0.4) is 0 Å². The zero-order valence-electron chi connectivity index (χ0n) is 16.3. The van der Waals surface area contributed by atoms with Crippen molar-refractivity contribution in [2.75, 3.05) is 6.26 Å². The zero-order valence-corrected chi connectivity index (χ0v) is 17.9. The molecule has 148 valence electrons. The van der Waals surface area contributed by atoms with Gasteiger partial charge in [0.1, 0.15) is 0 Å². The summed E-state index contributed by atoms with van der Waals surface area (Å²) in [6.07, 6.45) is 3.41. The van der Waals surface area contributed by atoms with Crippen molar-refractivity contribution >= 4 is 27.0 Å². The van der Waals surface area contributed by atoms with Gasteiger partial charge in [-0.1, -0.05) is 60.1 Å². The summed E-state index contributed by atoms with van der Waals surface area (Å²) in [5, 5.41) is 0.709. The van der Waals surface area contributed by atoms with Crippen molar-refractivity contribution in [3.05, 3.63) is 106 Å². The smallest absolute Gasteiger partial charge is 0.175 e. The number of fused-ring (bicyclic) bond motifs is 1. The minimum Gasteiger partial charge on any atom is -0.366 e. The molecule has 0 radical (unpaired) electrons. The van der Waals surface area contributed by atoms with Gasteiger partial charge in [-0.2, -0.15) is 0 Å². The molecule has 1 heterocycles. The lowest BCUT2D eigenvalue weighted by Crippen LogP contribution is -2.25. The molecule has 0 saturated heterocycles. The fourth-order valence-corrected chi connectivity index (χ4v) is 4.51. The standard InChI is InChI=1S/C24H22ClNO2S/c1-17(19-7-5-8-22(14-19)29(2,27)28)26-15-20-6-3-4-9-23(20)24(16-26)18-10-12-21(25)13-11-18/h3-14,16-17H,15H2,1-2H3. The molecule has 0 saturated carbocycles. The van der Waals surface area contributed by atoms with Gasteiger partial charge in [0.25, 0.3) is 0 Å². The second kappa shape index (κ2) is 7.69. The first-order valence-corrected chi connectivity index (χ1v) is 11.7. The van der Waals surface area contributed by atoms with E-state index in [0.717, 1.165) is 23.2 Å². The average molecular weight is 424 g/mol. The van der Waals surface area contributed by atoms with E-state index in [0.29, 0.717) is 9.92 Å². The van der Waals surface area contributed by atoms with Crippen LogP contribution in [0.5, 0.6) is 0 Å². The molecule has 0 bridgehead atoms. The maximum atomic E-state index is 12.0.